The van der Waals surface area contributed by atoms with Crippen molar-refractivity contribution in [2.24, 2.45) is 0 Å². The smallest absolute Gasteiger partial charge is 0.434 e. The molecular weight excluding hydrogens is 391 g/mol. The van der Waals surface area contributed by atoms with E-state index in [1.54, 1.807) is 0 Å². The first-order valence-corrected chi connectivity index (χ1v) is 8.31. The summed E-state index contributed by atoms with van der Waals surface area (Å²) < 4.78 is 45.9. The Morgan fingerprint density at radius 1 is 1.14 bits per heavy atom. The summed E-state index contributed by atoms with van der Waals surface area (Å²) in [6.45, 7) is 1.42. The van der Waals surface area contributed by atoms with Crippen LogP contribution in [0.2, 0.25) is 0 Å². The van der Waals surface area contributed by atoms with Crippen LogP contribution in [0.15, 0.2) is 49.1 Å². The molecule has 0 radical (unpaired) electrons. The van der Waals surface area contributed by atoms with Crippen molar-refractivity contribution < 1.29 is 27.5 Å². The zero-order valence-corrected chi connectivity index (χ0v) is 15.0. The van der Waals surface area contributed by atoms with E-state index >= 15 is 0 Å². The van der Waals surface area contributed by atoms with Crippen molar-refractivity contribution in [3.63, 3.8) is 0 Å². The van der Waals surface area contributed by atoms with Gasteiger partial charge >= 0.3 is 12.1 Å². The van der Waals surface area contributed by atoms with Crippen LogP contribution in [0.4, 0.5) is 18.9 Å². The summed E-state index contributed by atoms with van der Waals surface area (Å²) >= 11 is 0. The first-order chi connectivity index (χ1) is 13.8. The standard InChI is InChI=1S/C18H14F3N5O3/c1-2-29-17(28)13-9-24-26(15(13)18(19,20)21)12-5-3-11(4-6-12)25-16(27)14-10-22-7-8-23-14/h3-10H,2H2,1H3,(H,25,27). The normalized spacial score (nSPS) is 11.2. The number of nitrogens with zero attached hydrogens (tertiary/aromatic N) is 4. The molecule has 0 saturated carbocycles. The van der Waals surface area contributed by atoms with Crippen LogP contribution in [-0.2, 0) is 10.9 Å². The molecule has 0 fully saturated rings. The highest BCUT2D eigenvalue weighted by atomic mass is 19.4. The van der Waals surface area contributed by atoms with Gasteiger partial charge in [0.2, 0.25) is 0 Å². The topological polar surface area (TPSA) is 99.0 Å². The van der Waals surface area contributed by atoms with Crippen molar-refractivity contribution in [2.75, 3.05) is 11.9 Å². The van der Waals surface area contributed by atoms with E-state index in [9.17, 15) is 22.8 Å². The van der Waals surface area contributed by atoms with Crippen molar-refractivity contribution in [2.45, 2.75) is 13.1 Å². The van der Waals surface area contributed by atoms with Gasteiger partial charge in [-0.25, -0.2) is 14.5 Å². The summed E-state index contributed by atoms with van der Waals surface area (Å²) in [5.74, 6) is -1.63. The Morgan fingerprint density at radius 3 is 2.45 bits per heavy atom. The summed E-state index contributed by atoms with van der Waals surface area (Å²) in [6.07, 6.45) is 0.0238. The van der Waals surface area contributed by atoms with E-state index in [0.29, 0.717) is 10.4 Å². The predicted molar refractivity (Wildman–Crippen MR) is 94.5 cm³/mol. The van der Waals surface area contributed by atoms with Gasteiger partial charge < -0.3 is 10.1 Å². The maximum absolute atomic E-state index is 13.5. The van der Waals surface area contributed by atoms with E-state index in [1.165, 1.54) is 49.8 Å². The highest BCUT2D eigenvalue weighted by Crippen LogP contribution is 2.34. The van der Waals surface area contributed by atoms with Crippen LogP contribution >= 0.6 is 0 Å². The molecular formula is C18H14F3N5O3. The Kier molecular flexibility index (Phi) is 5.57. The number of alkyl halides is 3. The van der Waals surface area contributed by atoms with Crippen LogP contribution in [0, 0.1) is 0 Å². The van der Waals surface area contributed by atoms with Gasteiger partial charge in [0.05, 0.1) is 24.7 Å². The summed E-state index contributed by atoms with van der Waals surface area (Å²) in [7, 11) is 0. The van der Waals surface area contributed by atoms with Gasteiger partial charge in [0, 0.05) is 18.1 Å². The number of rotatable bonds is 5. The SMILES string of the molecule is CCOC(=O)c1cnn(-c2ccc(NC(=O)c3cnccn3)cc2)c1C(F)(F)F. The fourth-order valence-electron chi connectivity index (χ4n) is 2.47. The highest BCUT2D eigenvalue weighted by Gasteiger charge is 2.41. The molecule has 0 aliphatic heterocycles. The van der Waals surface area contributed by atoms with Gasteiger partial charge in [-0.05, 0) is 31.2 Å². The fourth-order valence-corrected chi connectivity index (χ4v) is 2.47. The quantitative estimate of drug-likeness (QED) is 0.655. The predicted octanol–water partition coefficient (Wildman–Crippen LogP) is 3.11. The number of ether oxygens (including phenoxy) is 1. The molecule has 2 aromatic heterocycles. The second kappa shape index (κ2) is 8.09. The minimum absolute atomic E-state index is 0.0466. The Hall–Kier alpha value is -3.76. The number of benzene rings is 1. The Labute approximate surface area is 162 Å². The molecule has 0 unspecified atom stereocenters. The van der Waals surface area contributed by atoms with Crippen molar-refractivity contribution in [3.8, 4) is 5.69 Å². The molecule has 1 N–H and O–H groups in total. The molecule has 0 spiro atoms. The van der Waals surface area contributed by atoms with Gasteiger partial charge in [-0.2, -0.15) is 18.3 Å². The van der Waals surface area contributed by atoms with E-state index in [4.69, 9.17) is 0 Å². The van der Waals surface area contributed by atoms with Crippen LogP contribution in [0.5, 0.6) is 0 Å². The lowest BCUT2D eigenvalue weighted by atomic mass is 10.2. The molecule has 0 aliphatic carbocycles. The lowest BCUT2D eigenvalue weighted by molar-refractivity contribution is -0.143. The Balaban J connectivity index is 1.88. The maximum atomic E-state index is 13.5. The minimum Gasteiger partial charge on any atom is -0.462 e. The molecule has 11 heteroatoms. The highest BCUT2D eigenvalue weighted by molar-refractivity contribution is 6.02. The molecule has 0 saturated heterocycles. The largest absolute Gasteiger partial charge is 0.462 e. The molecule has 29 heavy (non-hydrogen) atoms. The number of aromatic nitrogens is 4. The van der Waals surface area contributed by atoms with Crippen LogP contribution in [0.25, 0.3) is 5.69 Å². The number of amides is 1. The van der Waals surface area contributed by atoms with Crippen LogP contribution in [0.3, 0.4) is 0 Å². The number of halogens is 3. The first-order valence-electron chi connectivity index (χ1n) is 8.31. The Bertz CT molecular complexity index is 1020. The van der Waals surface area contributed by atoms with Crippen molar-refractivity contribution in [3.05, 3.63) is 66.0 Å². The van der Waals surface area contributed by atoms with Gasteiger partial charge in [-0.1, -0.05) is 0 Å². The van der Waals surface area contributed by atoms with Crippen molar-refractivity contribution in [1.82, 2.24) is 19.7 Å². The zero-order valence-electron chi connectivity index (χ0n) is 15.0. The van der Waals surface area contributed by atoms with Gasteiger partial charge in [0.15, 0.2) is 5.69 Å². The molecule has 3 aromatic rings. The van der Waals surface area contributed by atoms with Crippen molar-refractivity contribution >= 4 is 17.6 Å². The lowest BCUT2D eigenvalue weighted by Crippen LogP contribution is -2.18. The molecule has 150 valence electrons. The fraction of sp³-hybridized carbons (Fsp3) is 0.167. The molecule has 0 bridgehead atoms. The maximum Gasteiger partial charge on any atom is 0.434 e. The number of nitrogens with one attached hydrogen (secondary N) is 1. The van der Waals surface area contributed by atoms with E-state index in [0.717, 1.165) is 6.20 Å². The van der Waals surface area contributed by atoms with E-state index < -0.39 is 29.3 Å². The minimum atomic E-state index is -4.84. The molecule has 0 aliphatic rings. The third-order valence-electron chi connectivity index (χ3n) is 3.70. The van der Waals surface area contributed by atoms with Gasteiger partial charge in [-0.3, -0.25) is 9.78 Å². The number of carbonyl (C=O) groups excluding carboxylic acids is 2. The van der Waals surface area contributed by atoms with Gasteiger partial charge in [-0.15, -0.1) is 0 Å². The number of esters is 1. The first kappa shape index (κ1) is 20.0. The molecule has 1 aromatic carbocycles. The van der Waals surface area contributed by atoms with E-state index in [1.807, 2.05) is 0 Å². The second-order valence-corrected chi connectivity index (χ2v) is 5.63. The molecule has 3 rings (SSSR count). The van der Waals surface area contributed by atoms with Gasteiger partial charge in [0.25, 0.3) is 5.91 Å². The number of hydrogen-bond donors (Lipinski definition) is 1. The third kappa shape index (κ3) is 4.39. The van der Waals surface area contributed by atoms with Crippen LogP contribution < -0.4 is 5.32 Å². The van der Waals surface area contributed by atoms with Gasteiger partial charge in [0.1, 0.15) is 11.3 Å². The van der Waals surface area contributed by atoms with E-state index in [-0.39, 0.29) is 18.0 Å². The number of anilines is 1. The van der Waals surface area contributed by atoms with Crippen LogP contribution in [-0.4, -0.2) is 38.2 Å². The average molecular weight is 405 g/mol. The summed E-state index contributed by atoms with van der Waals surface area (Å²) in [5.41, 5.74) is -1.46. The summed E-state index contributed by atoms with van der Waals surface area (Å²) in [6, 6.07) is 5.44. The Morgan fingerprint density at radius 2 is 1.86 bits per heavy atom. The molecule has 0 atom stereocenters. The van der Waals surface area contributed by atoms with Crippen LogP contribution in [0.1, 0.15) is 33.5 Å². The third-order valence-corrected chi connectivity index (χ3v) is 3.70. The average Bonchev–Trinajstić information content (AvgIpc) is 3.15. The van der Waals surface area contributed by atoms with Crippen molar-refractivity contribution in [1.29, 1.82) is 0 Å². The van der Waals surface area contributed by atoms with E-state index in [2.05, 4.69) is 25.1 Å². The molecule has 8 nitrogen and oxygen atoms in total. The summed E-state index contributed by atoms with van der Waals surface area (Å²) in [4.78, 5) is 31.5. The monoisotopic (exact) mass is 405 g/mol. The molecule has 1 amide bonds. The number of hydrogen-bond acceptors (Lipinski definition) is 6. The molecule has 2 heterocycles. The zero-order chi connectivity index (χ0) is 21.0. The lowest BCUT2D eigenvalue weighted by Gasteiger charge is -2.13. The summed E-state index contributed by atoms with van der Waals surface area (Å²) in [5, 5.41) is 6.24. The second-order valence-electron chi connectivity index (χ2n) is 5.63. The number of carbonyl (C=O) groups is 2.